The van der Waals surface area contributed by atoms with E-state index in [1.54, 1.807) is 0 Å². The SMILES string of the molecule is CCOc1ccc2[nH]cc(C3(C(=O)O)CC3)c2c1. The number of H-pyrrole nitrogens is 1. The molecule has 1 aromatic carbocycles. The zero-order valence-corrected chi connectivity index (χ0v) is 10.2. The minimum Gasteiger partial charge on any atom is -0.494 e. The minimum absolute atomic E-state index is 0.606. The van der Waals surface area contributed by atoms with Crippen LogP contribution in [-0.2, 0) is 10.2 Å². The highest BCUT2D eigenvalue weighted by atomic mass is 16.5. The maximum absolute atomic E-state index is 11.4. The van der Waals surface area contributed by atoms with Crippen molar-refractivity contribution in [2.75, 3.05) is 6.61 Å². The van der Waals surface area contributed by atoms with Crippen molar-refractivity contribution in [2.24, 2.45) is 0 Å². The third kappa shape index (κ3) is 1.49. The molecule has 0 atom stereocenters. The Hall–Kier alpha value is -1.97. The largest absolute Gasteiger partial charge is 0.494 e. The van der Waals surface area contributed by atoms with Crippen LogP contribution in [0.3, 0.4) is 0 Å². The van der Waals surface area contributed by atoms with Crippen LogP contribution < -0.4 is 4.74 Å². The predicted octanol–water partition coefficient (Wildman–Crippen LogP) is 2.68. The van der Waals surface area contributed by atoms with Gasteiger partial charge in [-0.2, -0.15) is 0 Å². The number of carboxylic acids is 1. The molecular weight excluding hydrogens is 230 g/mol. The van der Waals surface area contributed by atoms with Gasteiger partial charge < -0.3 is 14.8 Å². The summed E-state index contributed by atoms with van der Waals surface area (Å²) in [5.74, 6) is 0.0530. The van der Waals surface area contributed by atoms with Gasteiger partial charge in [-0.3, -0.25) is 4.79 Å². The van der Waals surface area contributed by atoms with Gasteiger partial charge in [0, 0.05) is 17.1 Å². The van der Waals surface area contributed by atoms with E-state index in [2.05, 4.69) is 4.98 Å². The van der Waals surface area contributed by atoms with Gasteiger partial charge in [-0.15, -0.1) is 0 Å². The first-order valence-electron chi connectivity index (χ1n) is 6.15. The molecule has 1 aliphatic rings. The van der Waals surface area contributed by atoms with E-state index >= 15 is 0 Å². The van der Waals surface area contributed by atoms with E-state index in [9.17, 15) is 9.90 Å². The lowest BCUT2D eigenvalue weighted by molar-refractivity contribution is -0.140. The number of hydrogen-bond donors (Lipinski definition) is 2. The molecule has 2 aromatic rings. The van der Waals surface area contributed by atoms with Gasteiger partial charge in [0.15, 0.2) is 0 Å². The van der Waals surface area contributed by atoms with Gasteiger partial charge in [-0.1, -0.05) is 0 Å². The molecule has 3 rings (SSSR count). The fourth-order valence-electron chi connectivity index (χ4n) is 2.48. The molecule has 94 valence electrons. The molecule has 4 heteroatoms. The normalized spacial score (nSPS) is 16.7. The van der Waals surface area contributed by atoms with Crippen LogP contribution in [0.2, 0.25) is 0 Å². The molecule has 0 unspecified atom stereocenters. The van der Waals surface area contributed by atoms with E-state index < -0.39 is 11.4 Å². The van der Waals surface area contributed by atoms with Gasteiger partial charge in [0.1, 0.15) is 5.75 Å². The number of aromatic nitrogens is 1. The number of rotatable bonds is 4. The number of aliphatic carboxylic acids is 1. The van der Waals surface area contributed by atoms with Crippen molar-refractivity contribution >= 4 is 16.9 Å². The number of carboxylic acid groups (broad SMARTS) is 1. The molecule has 1 heterocycles. The second kappa shape index (κ2) is 3.77. The highest BCUT2D eigenvalue weighted by Crippen LogP contribution is 2.50. The lowest BCUT2D eigenvalue weighted by Gasteiger charge is -2.09. The Balaban J connectivity index is 2.13. The Bertz CT molecular complexity index is 611. The van der Waals surface area contributed by atoms with Crippen LogP contribution in [0.1, 0.15) is 25.3 Å². The van der Waals surface area contributed by atoms with E-state index in [1.165, 1.54) is 0 Å². The van der Waals surface area contributed by atoms with Crippen LogP contribution in [0, 0.1) is 0 Å². The quantitative estimate of drug-likeness (QED) is 0.870. The number of ether oxygens (including phenoxy) is 1. The Morgan fingerprint density at radius 2 is 2.28 bits per heavy atom. The molecule has 4 nitrogen and oxygen atoms in total. The number of aromatic amines is 1. The number of nitrogens with one attached hydrogen (secondary N) is 1. The van der Waals surface area contributed by atoms with Crippen LogP contribution >= 0.6 is 0 Å². The number of hydrogen-bond acceptors (Lipinski definition) is 2. The van der Waals surface area contributed by atoms with Crippen molar-refractivity contribution in [1.29, 1.82) is 0 Å². The molecule has 1 aliphatic carbocycles. The van der Waals surface area contributed by atoms with Crippen molar-refractivity contribution in [1.82, 2.24) is 4.98 Å². The van der Waals surface area contributed by atoms with E-state index in [0.717, 1.165) is 22.2 Å². The average Bonchev–Trinajstić information content (AvgIpc) is 3.05. The van der Waals surface area contributed by atoms with Crippen molar-refractivity contribution in [3.8, 4) is 5.75 Å². The maximum Gasteiger partial charge on any atom is 0.314 e. The van der Waals surface area contributed by atoms with Crippen molar-refractivity contribution in [3.05, 3.63) is 30.0 Å². The topological polar surface area (TPSA) is 62.3 Å². The van der Waals surface area contributed by atoms with Gasteiger partial charge in [0.2, 0.25) is 0 Å². The molecule has 0 saturated heterocycles. The number of carbonyl (C=O) groups is 1. The molecular formula is C14H15NO3. The van der Waals surface area contributed by atoms with Crippen LogP contribution in [0.5, 0.6) is 5.75 Å². The summed E-state index contributed by atoms with van der Waals surface area (Å²) in [6.07, 6.45) is 3.25. The van der Waals surface area contributed by atoms with Gasteiger partial charge in [-0.05, 0) is 43.5 Å². The molecule has 2 N–H and O–H groups in total. The summed E-state index contributed by atoms with van der Waals surface area (Å²) in [6, 6.07) is 5.75. The molecule has 1 fully saturated rings. The van der Waals surface area contributed by atoms with Crippen molar-refractivity contribution in [3.63, 3.8) is 0 Å². The summed E-state index contributed by atoms with van der Waals surface area (Å²) in [5.41, 5.74) is 1.16. The Morgan fingerprint density at radius 1 is 1.50 bits per heavy atom. The third-order valence-electron chi connectivity index (χ3n) is 3.64. The smallest absolute Gasteiger partial charge is 0.314 e. The molecule has 0 radical (unpaired) electrons. The highest BCUT2D eigenvalue weighted by molar-refractivity contribution is 5.94. The van der Waals surface area contributed by atoms with E-state index in [4.69, 9.17) is 4.74 Å². The predicted molar refractivity (Wildman–Crippen MR) is 68.0 cm³/mol. The van der Waals surface area contributed by atoms with Crippen LogP contribution in [0.4, 0.5) is 0 Å². The summed E-state index contributed by atoms with van der Waals surface area (Å²) < 4.78 is 5.47. The summed E-state index contributed by atoms with van der Waals surface area (Å²) in [7, 11) is 0. The highest BCUT2D eigenvalue weighted by Gasteiger charge is 2.52. The lowest BCUT2D eigenvalue weighted by Crippen LogP contribution is -2.18. The summed E-state index contributed by atoms with van der Waals surface area (Å²) in [4.78, 5) is 14.5. The Morgan fingerprint density at radius 3 is 2.89 bits per heavy atom. The van der Waals surface area contributed by atoms with Crippen LogP contribution in [0.25, 0.3) is 10.9 Å². The molecule has 1 aromatic heterocycles. The maximum atomic E-state index is 11.4. The molecule has 0 aliphatic heterocycles. The first-order chi connectivity index (χ1) is 8.67. The third-order valence-corrected chi connectivity index (χ3v) is 3.64. The molecule has 1 saturated carbocycles. The number of benzene rings is 1. The molecule has 0 amide bonds. The van der Waals surface area contributed by atoms with Crippen molar-refractivity contribution < 1.29 is 14.6 Å². The van der Waals surface area contributed by atoms with E-state index in [1.807, 2.05) is 31.3 Å². The first kappa shape index (κ1) is 11.1. The second-order valence-electron chi connectivity index (χ2n) is 4.73. The summed E-state index contributed by atoms with van der Waals surface area (Å²) >= 11 is 0. The number of fused-ring (bicyclic) bond motifs is 1. The Labute approximate surface area is 105 Å². The molecule has 18 heavy (non-hydrogen) atoms. The minimum atomic E-state index is -0.731. The zero-order valence-electron chi connectivity index (χ0n) is 10.2. The van der Waals surface area contributed by atoms with Gasteiger partial charge in [0.25, 0.3) is 0 Å². The lowest BCUT2D eigenvalue weighted by atomic mass is 9.95. The monoisotopic (exact) mass is 245 g/mol. The van der Waals surface area contributed by atoms with Crippen LogP contribution in [-0.4, -0.2) is 22.7 Å². The van der Waals surface area contributed by atoms with Gasteiger partial charge in [0.05, 0.1) is 12.0 Å². The van der Waals surface area contributed by atoms with Gasteiger partial charge >= 0.3 is 5.97 Å². The fourth-order valence-corrected chi connectivity index (χ4v) is 2.48. The molecule has 0 bridgehead atoms. The van der Waals surface area contributed by atoms with Crippen LogP contribution in [0.15, 0.2) is 24.4 Å². The van der Waals surface area contributed by atoms with E-state index in [0.29, 0.717) is 19.4 Å². The standard InChI is InChI=1S/C14H15NO3/c1-2-18-9-3-4-12-10(7-9)11(8-15-12)14(5-6-14)13(16)17/h3-4,7-8,15H,2,5-6H2,1H3,(H,16,17). The van der Waals surface area contributed by atoms with E-state index in [-0.39, 0.29) is 0 Å². The summed E-state index contributed by atoms with van der Waals surface area (Å²) in [5, 5.41) is 10.3. The second-order valence-corrected chi connectivity index (χ2v) is 4.73. The van der Waals surface area contributed by atoms with Crippen molar-refractivity contribution in [2.45, 2.75) is 25.2 Å². The Kier molecular flexibility index (Phi) is 2.33. The molecule has 0 spiro atoms. The first-order valence-corrected chi connectivity index (χ1v) is 6.15. The average molecular weight is 245 g/mol. The summed E-state index contributed by atoms with van der Waals surface area (Å²) in [6.45, 7) is 2.54. The van der Waals surface area contributed by atoms with Gasteiger partial charge in [-0.25, -0.2) is 0 Å². The fraction of sp³-hybridized carbons (Fsp3) is 0.357. The zero-order chi connectivity index (χ0) is 12.8.